The Morgan fingerprint density at radius 1 is 1.08 bits per heavy atom. The molecule has 1 aromatic heterocycles. The summed E-state index contributed by atoms with van der Waals surface area (Å²) in [6.07, 6.45) is 12.5. The topological polar surface area (TPSA) is 94.0 Å². The quantitative estimate of drug-likeness (QED) is 0.623. The highest BCUT2D eigenvalue weighted by Crippen LogP contribution is 2.20. The van der Waals surface area contributed by atoms with Gasteiger partial charge in [-0.2, -0.15) is 0 Å². The number of allylic oxidation sites excluding steroid dienone is 2. The first-order chi connectivity index (χ1) is 12.5. The smallest absolute Gasteiger partial charge is 0.414 e. The molecule has 1 aliphatic heterocycles. The molecule has 7 heteroatoms. The van der Waals surface area contributed by atoms with Gasteiger partial charge in [-0.25, -0.2) is 9.59 Å². The molecule has 26 heavy (non-hydrogen) atoms. The molecule has 0 bridgehead atoms. The van der Waals surface area contributed by atoms with Crippen molar-refractivity contribution in [3.05, 3.63) is 42.2 Å². The molecule has 1 fully saturated rings. The summed E-state index contributed by atoms with van der Waals surface area (Å²) < 4.78 is 0. The summed E-state index contributed by atoms with van der Waals surface area (Å²) in [6.45, 7) is 7.18. The number of carbonyl (C=O) groups is 2. The summed E-state index contributed by atoms with van der Waals surface area (Å²) in [5.74, 6) is -2.75. The Morgan fingerprint density at radius 3 is 2.31 bits per heavy atom. The molecule has 142 valence electrons. The lowest BCUT2D eigenvalue weighted by atomic mass is 9.94. The molecule has 0 aromatic carbocycles. The first-order valence-corrected chi connectivity index (χ1v) is 8.99. The van der Waals surface area contributed by atoms with Crippen molar-refractivity contribution in [3.8, 4) is 0 Å². The van der Waals surface area contributed by atoms with Crippen molar-refractivity contribution < 1.29 is 19.8 Å². The van der Waals surface area contributed by atoms with E-state index in [0.717, 1.165) is 12.5 Å². The third-order valence-electron chi connectivity index (χ3n) is 4.67. The van der Waals surface area contributed by atoms with Crippen molar-refractivity contribution in [1.29, 1.82) is 0 Å². The second-order valence-corrected chi connectivity index (χ2v) is 6.70. The molecule has 1 unspecified atom stereocenters. The number of aromatic nitrogens is 1. The maximum Gasteiger partial charge on any atom is 0.414 e. The second kappa shape index (κ2) is 10.7. The van der Waals surface area contributed by atoms with Gasteiger partial charge in [0, 0.05) is 51.7 Å². The van der Waals surface area contributed by atoms with E-state index < -0.39 is 11.9 Å². The number of piperazine rings is 1. The van der Waals surface area contributed by atoms with Gasteiger partial charge in [0.2, 0.25) is 0 Å². The number of hydrogen-bond donors (Lipinski definition) is 2. The highest BCUT2D eigenvalue weighted by Gasteiger charge is 2.20. The van der Waals surface area contributed by atoms with E-state index in [1.165, 1.54) is 57.5 Å². The molecule has 2 heterocycles. The Hall–Kier alpha value is -2.25. The molecule has 1 aliphatic carbocycles. The summed E-state index contributed by atoms with van der Waals surface area (Å²) in [7, 11) is 0. The van der Waals surface area contributed by atoms with Crippen LogP contribution in [0.3, 0.4) is 0 Å². The largest absolute Gasteiger partial charge is 0.473 e. The van der Waals surface area contributed by atoms with E-state index in [9.17, 15) is 0 Å². The molecule has 1 atom stereocenters. The molecule has 0 radical (unpaired) electrons. The van der Waals surface area contributed by atoms with Crippen LogP contribution in [0.5, 0.6) is 0 Å². The summed E-state index contributed by atoms with van der Waals surface area (Å²) in [6, 6.07) is 4.20. The molecule has 1 aromatic rings. The van der Waals surface area contributed by atoms with Gasteiger partial charge in [0.05, 0.1) is 0 Å². The minimum atomic E-state index is -1.82. The van der Waals surface area contributed by atoms with Crippen molar-refractivity contribution in [3.63, 3.8) is 0 Å². The number of carboxylic acid groups (broad SMARTS) is 2. The summed E-state index contributed by atoms with van der Waals surface area (Å²) >= 11 is 0. The number of hydrogen-bond acceptors (Lipinski definition) is 5. The zero-order valence-corrected chi connectivity index (χ0v) is 15.0. The van der Waals surface area contributed by atoms with E-state index in [1.54, 1.807) is 0 Å². The van der Waals surface area contributed by atoms with Crippen molar-refractivity contribution >= 4 is 11.9 Å². The molecule has 2 N–H and O–H groups in total. The Balaban J connectivity index is 0.000000352. The molecule has 0 amide bonds. The monoisotopic (exact) mass is 361 g/mol. The van der Waals surface area contributed by atoms with Gasteiger partial charge in [-0.15, -0.1) is 0 Å². The predicted molar refractivity (Wildman–Crippen MR) is 97.7 cm³/mol. The molecule has 1 saturated heterocycles. The third-order valence-corrected chi connectivity index (χ3v) is 4.67. The van der Waals surface area contributed by atoms with E-state index in [1.807, 2.05) is 18.5 Å². The van der Waals surface area contributed by atoms with Gasteiger partial charge >= 0.3 is 11.9 Å². The van der Waals surface area contributed by atoms with Crippen molar-refractivity contribution in [2.75, 3.05) is 32.7 Å². The molecule has 7 nitrogen and oxygen atoms in total. The van der Waals surface area contributed by atoms with Gasteiger partial charge in [-0.1, -0.05) is 18.2 Å². The van der Waals surface area contributed by atoms with Crippen molar-refractivity contribution in [2.24, 2.45) is 5.92 Å². The van der Waals surface area contributed by atoms with Gasteiger partial charge in [0.1, 0.15) is 0 Å². The average Bonchev–Trinajstić information content (AvgIpc) is 2.65. The van der Waals surface area contributed by atoms with Gasteiger partial charge in [-0.05, 0) is 36.8 Å². The average molecular weight is 361 g/mol. The Bertz CT molecular complexity index is 586. The zero-order chi connectivity index (χ0) is 18.8. The van der Waals surface area contributed by atoms with Gasteiger partial charge in [-0.3, -0.25) is 9.88 Å². The molecule has 0 spiro atoms. The highest BCUT2D eigenvalue weighted by atomic mass is 16.4. The zero-order valence-electron chi connectivity index (χ0n) is 15.0. The van der Waals surface area contributed by atoms with Gasteiger partial charge < -0.3 is 15.1 Å². The van der Waals surface area contributed by atoms with Crippen LogP contribution in [0.25, 0.3) is 0 Å². The van der Waals surface area contributed by atoms with Gasteiger partial charge in [0.15, 0.2) is 0 Å². The van der Waals surface area contributed by atoms with Gasteiger partial charge in [0.25, 0.3) is 0 Å². The SMILES string of the molecule is C1=CCC(CN2CCN(Cc3cccnc3)CC2)CC1.O=C(O)C(=O)O. The number of aliphatic carboxylic acids is 2. The summed E-state index contributed by atoms with van der Waals surface area (Å²) in [5.41, 5.74) is 1.33. The Labute approximate surface area is 153 Å². The Kier molecular flexibility index (Phi) is 8.24. The maximum absolute atomic E-state index is 9.10. The standard InChI is InChI=1S/C17H25N3.C2H2O4/c1-2-5-16(6-3-1)14-19-9-11-20(12-10-19)15-17-7-4-8-18-13-17;3-1(4)2(5)6/h1-2,4,7-8,13,16H,3,5-6,9-12,14-15H2;(H,3,4)(H,5,6). The second-order valence-electron chi connectivity index (χ2n) is 6.70. The third kappa shape index (κ3) is 7.33. The summed E-state index contributed by atoms with van der Waals surface area (Å²) in [5, 5.41) is 14.8. The molecule has 2 aliphatic rings. The van der Waals surface area contributed by atoms with Crippen LogP contribution in [0.2, 0.25) is 0 Å². The maximum atomic E-state index is 9.10. The van der Waals surface area contributed by atoms with Crippen LogP contribution in [0.4, 0.5) is 0 Å². The van der Waals surface area contributed by atoms with Crippen LogP contribution in [-0.2, 0) is 16.1 Å². The van der Waals surface area contributed by atoms with E-state index in [2.05, 4.69) is 33.0 Å². The van der Waals surface area contributed by atoms with E-state index in [4.69, 9.17) is 19.8 Å². The number of rotatable bonds is 4. The highest BCUT2D eigenvalue weighted by molar-refractivity contribution is 6.27. The van der Waals surface area contributed by atoms with E-state index in [0.29, 0.717) is 0 Å². The number of nitrogens with zero attached hydrogens (tertiary/aromatic N) is 3. The lowest BCUT2D eigenvalue weighted by Crippen LogP contribution is -2.47. The van der Waals surface area contributed by atoms with E-state index >= 15 is 0 Å². The first kappa shape index (κ1) is 20.1. The first-order valence-electron chi connectivity index (χ1n) is 8.99. The molecule has 3 rings (SSSR count). The minimum absolute atomic E-state index is 0.893. The van der Waals surface area contributed by atoms with Crippen LogP contribution in [0.15, 0.2) is 36.7 Å². The molecule has 0 saturated carbocycles. The lowest BCUT2D eigenvalue weighted by molar-refractivity contribution is -0.159. The molecular formula is C19H27N3O4. The fourth-order valence-electron chi connectivity index (χ4n) is 3.27. The lowest BCUT2D eigenvalue weighted by Gasteiger charge is -2.36. The fraction of sp³-hybridized carbons (Fsp3) is 0.526. The fourth-order valence-corrected chi connectivity index (χ4v) is 3.27. The van der Waals surface area contributed by atoms with Crippen LogP contribution in [-0.4, -0.2) is 69.7 Å². The van der Waals surface area contributed by atoms with E-state index in [-0.39, 0.29) is 0 Å². The summed E-state index contributed by atoms with van der Waals surface area (Å²) in [4.78, 5) is 27.6. The van der Waals surface area contributed by atoms with Crippen molar-refractivity contribution in [2.45, 2.75) is 25.8 Å². The Morgan fingerprint density at radius 2 is 1.77 bits per heavy atom. The van der Waals surface area contributed by atoms with Crippen LogP contribution < -0.4 is 0 Å². The van der Waals surface area contributed by atoms with Crippen molar-refractivity contribution in [1.82, 2.24) is 14.8 Å². The van der Waals surface area contributed by atoms with Crippen LogP contribution in [0.1, 0.15) is 24.8 Å². The minimum Gasteiger partial charge on any atom is -0.473 e. The predicted octanol–water partition coefficient (Wildman–Crippen LogP) is 1.71. The molecular weight excluding hydrogens is 334 g/mol. The van der Waals surface area contributed by atoms with Crippen LogP contribution in [0, 0.1) is 5.92 Å². The van der Waals surface area contributed by atoms with Crippen LogP contribution >= 0.6 is 0 Å². The number of pyridine rings is 1. The number of carboxylic acids is 2. The normalized spacial score (nSPS) is 20.8.